The Morgan fingerprint density at radius 2 is 2.33 bits per heavy atom. The van der Waals surface area contributed by atoms with E-state index in [2.05, 4.69) is 6.58 Å². The lowest BCUT2D eigenvalue weighted by Gasteiger charge is -2.34. The summed E-state index contributed by atoms with van der Waals surface area (Å²) in [6, 6.07) is 0. The number of sulfonamides is 1. The van der Waals surface area contributed by atoms with Crippen LogP contribution in [0.3, 0.4) is 0 Å². The fourth-order valence-electron chi connectivity index (χ4n) is 2.56. The van der Waals surface area contributed by atoms with Gasteiger partial charge in [0.2, 0.25) is 10.0 Å². The van der Waals surface area contributed by atoms with E-state index in [1.807, 2.05) is 0 Å². The highest BCUT2D eigenvalue weighted by molar-refractivity contribution is 7.89. The number of hydrogen-bond acceptors (Lipinski definition) is 3. The van der Waals surface area contributed by atoms with Crippen LogP contribution in [0.1, 0.15) is 19.3 Å². The molecule has 15 heavy (non-hydrogen) atoms. The molecule has 0 unspecified atom stereocenters. The molecule has 0 spiro atoms. The van der Waals surface area contributed by atoms with Crippen molar-refractivity contribution in [2.24, 2.45) is 0 Å². The first-order valence-electron chi connectivity index (χ1n) is 5.30. The third kappa shape index (κ3) is 1.84. The first-order valence-corrected chi connectivity index (χ1v) is 6.91. The highest BCUT2D eigenvalue weighted by atomic mass is 32.2. The van der Waals surface area contributed by atoms with Crippen molar-refractivity contribution >= 4 is 10.0 Å². The SMILES string of the molecule is C=CC[C@]12CCCN1S(=O)(=O)CCOC2. The van der Waals surface area contributed by atoms with Crippen LogP contribution < -0.4 is 0 Å². The molecule has 1 atom stereocenters. The molecule has 4 nitrogen and oxygen atoms in total. The van der Waals surface area contributed by atoms with Crippen molar-refractivity contribution in [3.05, 3.63) is 12.7 Å². The van der Waals surface area contributed by atoms with Gasteiger partial charge in [-0.1, -0.05) is 6.08 Å². The molecule has 2 fully saturated rings. The number of hydrogen-bond donors (Lipinski definition) is 0. The molecule has 0 aromatic carbocycles. The molecule has 2 aliphatic heterocycles. The molecule has 0 aromatic rings. The Hall–Kier alpha value is -0.390. The number of ether oxygens (including phenoxy) is 1. The van der Waals surface area contributed by atoms with Crippen LogP contribution in [-0.4, -0.2) is 43.8 Å². The van der Waals surface area contributed by atoms with Crippen LogP contribution in [0.25, 0.3) is 0 Å². The van der Waals surface area contributed by atoms with Crippen LogP contribution in [0.4, 0.5) is 0 Å². The van der Waals surface area contributed by atoms with Crippen molar-refractivity contribution in [1.29, 1.82) is 0 Å². The summed E-state index contributed by atoms with van der Waals surface area (Å²) in [5.41, 5.74) is -0.336. The molecular weight excluding hydrogens is 214 g/mol. The van der Waals surface area contributed by atoms with E-state index in [0.29, 0.717) is 26.2 Å². The standard InChI is InChI=1S/C10H17NO3S/c1-2-4-10-5-3-6-11(10)15(12,13)8-7-14-9-10/h2H,1,3-9H2/t10-/m1/s1. The third-order valence-corrected chi connectivity index (χ3v) is 5.17. The average molecular weight is 231 g/mol. The van der Waals surface area contributed by atoms with E-state index in [4.69, 9.17) is 4.74 Å². The van der Waals surface area contributed by atoms with E-state index in [0.717, 1.165) is 12.8 Å². The lowest BCUT2D eigenvalue weighted by molar-refractivity contribution is 0.0677. The van der Waals surface area contributed by atoms with Gasteiger partial charge in [-0.15, -0.1) is 6.58 Å². The second-order valence-corrected chi connectivity index (χ2v) is 6.27. The van der Waals surface area contributed by atoms with Gasteiger partial charge in [-0.05, 0) is 19.3 Å². The van der Waals surface area contributed by atoms with E-state index >= 15 is 0 Å². The average Bonchev–Trinajstić information content (AvgIpc) is 2.54. The molecule has 2 heterocycles. The lowest BCUT2D eigenvalue weighted by Crippen LogP contribution is -2.48. The molecule has 2 aliphatic rings. The van der Waals surface area contributed by atoms with Crippen LogP contribution >= 0.6 is 0 Å². The van der Waals surface area contributed by atoms with Crippen molar-refractivity contribution in [2.75, 3.05) is 25.5 Å². The summed E-state index contributed by atoms with van der Waals surface area (Å²) in [5, 5.41) is 0. The molecule has 0 bridgehead atoms. The summed E-state index contributed by atoms with van der Waals surface area (Å²) in [6.45, 7) is 5.18. The summed E-state index contributed by atoms with van der Waals surface area (Å²) < 4.78 is 31.0. The quantitative estimate of drug-likeness (QED) is 0.659. The van der Waals surface area contributed by atoms with E-state index < -0.39 is 10.0 Å². The second kappa shape index (κ2) is 3.88. The number of nitrogens with zero attached hydrogens (tertiary/aromatic N) is 1. The molecular formula is C10H17NO3S. The van der Waals surface area contributed by atoms with Gasteiger partial charge < -0.3 is 4.74 Å². The highest BCUT2D eigenvalue weighted by Gasteiger charge is 2.47. The van der Waals surface area contributed by atoms with E-state index in [9.17, 15) is 8.42 Å². The molecule has 0 amide bonds. The van der Waals surface area contributed by atoms with Gasteiger partial charge >= 0.3 is 0 Å². The molecule has 2 saturated heterocycles. The maximum Gasteiger partial charge on any atom is 0.216 e. The normalized spacial score (nSPS) is 35.7. The van der Waals surface area contributed by atoms with E-state index in [1.165, 1.54) is 0 Å². The van der Waals surface area contributed by atoms with Crippen LogP contribution in [0.5, 0.6) is 0 Å². The first kappa shape index (κ1) is 11.1. The van der Waals surface area contributed by atoms with Gasteiger partial charge in [0.15, 0.2) is 0 Å². The van der Waals surface area contributed by atoms with Gasteiger partial charge in [-0.2, -0.15) is 4.31 Å². The van der Waals surface area contributed by atoms with Crippen LogP contribution in [-0.2, 0) is 14.8 Å². The minimum atomic E-state index is -3.12. The van der Waals surface area contributed by atoms with Crippen LogP contribution in [0.15, 0.2) is 12.7 Å². The Labute approximate surface area is 91.0 Å². The predicted octanol–water partition coefficient (Wildman–Crippen LogP) is 0.757. The lowest BCUT2D eigenvalue weighted by atomic mass is 9.94. The zero-order valence-electron chi connectivity index (χ0n) is 8.81. The molecule has 0 N–H and O–H groups in total. The van der Waals surface area contributed by atoms with Crippen LogP contribution in [0, 0.1) is 0 Å². The Morgan fingerprint density at radius 1 is 1.53 bits per heavy atom. The van der Waals surface area contributed by atoms with Gasteiger partial charge in [0.25, 0.3) is 0 Å². The Balaban J connectivity index is 2.36. The molecule has 86 valence electrons. The molecule has 0 aromatic heterocycles. The topological polar surface area (TPSA) is 46.6 Å². The van der Waals surface area contributed by atoms with Gasteiger partial charge in [-0.3, -0.25) is 0 Å². The second-order valence-electron chi connectivity index (χ2n) is 4.26. The van der Waals surface area contributed by atoms with E-state index in [1.54, 1.807) is 10.4 Å². The smallest absolute Gasteiger partial charge is 0.216 e. The van der Waals surface area contributed by atoms with Crippen molar-refractivity contribution in [1.82, 2.24) is 4.31 Å². The van der Waals surface area contributed by atoms with Crippen molar-refractivity contribution < 1.29 is 13.2 Å². The zero-order valence-corrected chi connectivity index (χ0v) is 9.63. The summed E-state index contributed by atoms with van der Waals surface area (Å²) in [6.07, 6.45) is 4.30. The summed E-state index contributed by atoms with van der Waals surface area (Å²) in [7, 11) is -3.12. The Kier molecular flexibility index (Phi) is 2.87. The molecule has 0 radical (unpaired) electrons. The third-order valence-electron chi connectivity index (χ3n) is 3.25. The molecule has 0 saturated carbocycles. The van der Waals surface area contributed by atoms with Crippen molar-refractivity contribution in [3.8, 4) is 0 Å². The fourth-order valence-corrected chi connectivity index (χ4v) is 4.32. The summed E-state index contributed by atoms with van der Waals surface area (Å²) >= 11 is 0. The van der Waals surface area contributed by atoms with Crippen LogP contribution in [0.2, 0.25) is 0 Å². The van der Waals surface area contributed by atoms with Crippen molar-refractivity contribution in [2.45, 2.75) is 24.8 Å². The Morgan fingerprint density at radius 3 is 3.07 bits per heavy atom. The van der Waals surface area contributed by atoms with Gasteiger partial charge in [0, 0.05) is 6.54 Å². The minimum absolute atomic E-state index is 0.117. The maximum atomic E-state index is 12.0. The maximum absolute atomic E-state index is 12.0. The van der Waals surface area contributed by atoms with Crippen molar-refractivity contribution in [3.63, 3.8) is 0 Å². The zero-order chi connectivity index (χ0) is 10.9. The number of rotatable bonds is 2. The monoisotopic (exact) mass is 231 g/mol. The minimum Gasteiger partial charge on any atom is -0.378 e. The molecule has 0 aliphatic carbocycles. The van der Waals surface area contributed by atoms with E-state index in [-0.39, 0.29) is 11.3 Å². The largest absolute Gasteiger partial charge is 0.378 e. The first-order chi connectivity index (χ1) is 7.11. The summed E-state index contributed by atoms with van der Waals surface area (Å²) in [5.74, 6) is 0.117. The fraction of sp³-hybridized carbons (Fsp3) is 0.800. The van der Waals surface area contributed by atoms with Gasteiger partial charge in [0.1, 0.15) is 0 Å². The van der Waals surface area contributed by atoms with Gasteiger partial charge in [-0.25, -0.2) is 8.42 Å². The molecule has 2 rings (SSSR count). The highest BCUT2D eigenvalue weighted by Crippen LogP contribution is 2.37. The van der Waals surface area contributed by atoms with Gasteiger partial charge in [0.05, 0.1) is 24.5 Å². The summed E-state index contributed by atoms with van der Waals surface area (Å²) in [4.78, 5) is 0. The Bertz CT molecular complexity index is 352. The molecule has 5 heteroatoms. The number of fused-ring (bicyclic) bond motifs is 1. The predicted molar refractivity (Wildman–Crippen MR) is 58.1 cm³/mol.